The highest BCUT2D eigenvalue weighted by Crippen LogP contribution is 2.27. The van der Waals surface area contributed by atoms with Crippen molar-refractivity contribution in [3.63, 3.8) is 0 Å². The predicted molar refractivity (Wildman–Crippen MR) is 81.1 cm³/mol. The van der Waals surface area contributed by atoms with Gasteiger partial charge in [-0.1, -0.05) is 23.2 Å². The maximum Gasteiger partial charge on any atom is 0.411 e. The van der Waals surface area contributed by atoms with Crippen LogP contribution in [0.4, 0.5) is 13.2 Å². The van der Waals surface area contributed by atoms with Crippen LogP contribution in [0.5, 0.6) is 5.75 Å². The molecular formula is C14H16Cl2F3NO3. The molecule has 1 N–H and O–H groups in total. The largest absolute Gasteiger partial charge is 0.492 e. The molecule has 0 fully saturated rings. The monoisotopic (exact) mass is 373 g/mol. The van der Waals surface area contributed by atoms with Crippen molar-refractivity contribution in [3.8, 4) is 5.75 Å². The molecule has 0 heterocycles. The van der Waals surface area contributed by atoms with Gasteiger partial charge < -0.3 is 14.8 Å². The minimum absolute atomic E-state index is 0.125. The van der Waals surface area contributed by atoms with Crippen LogP contribution >= 0.6 is 23.2 Å². The van der Waals surface area contributed by atoms with Crippen molar-refractivity contribution in [1.29, 1.82) is 0 Å². The van der Waals surface area contributed by atoms with Crippen LogP contribution in [-0.2, 0) is 9.53 Å². The summed E-state index contributed by atoms with van der Waals surface area (Å²) in [5, 5.41) is 3.45. The van der Waals surface area contributed by atoms with Gasteiger partial charge in [-0.3, -0.25) is 4.79 Å². The first-order valence-electron chi connectivity index (χ1n) is 6.77. The van der Waals surface area contributed by atoms with Gasteiger partial charge in [-0.05, 0) is 24.6 Å². The van der Waals surface area contributed by atoms with Crippen LogP contribution < -0.4 is 10.1 Å². The summed E-state index contributed by atoms with van der Waals surface area (Å²) in [5.74, 6) is 0.111. The number of carbonyl (C=O) groups is 1. The Labute approximate surface area is 141 Å². The smallest absolute Gasteiger partial charge is 0.411 e. The molecule has 0 atom stereocenters. The molecule has 4 nitrogen and oxygen atoms in total. The highest BCUT2D eigenvalue weighted by atomic mass is 35.5. The first-order valence-corrected chi connectivity index (χ1v) is 7.52. The Bertz CT molecular complexity index is 513. The fourth-order valence-corrected chi connectivity index (χ4v) is 1.98. The van der Waals surface area contributed by atoms with Crippen LogP contribution in [0.15, 0.2) is 18.2 Å². The third-order valence-corrected chi connectivity index (χ3v) is 3.06. The van der Waals surface area contributed by atoms with Crippen LogP contribution in [0.25, 0.3) is 0 Å². The average molecular weight is 374 g/mol. The molecule has 0 radical (unpaired) electrons. The third-order valence-electron chi connectivity index (χ3n) is 2.53. The summed E-state index contributed by atoms with van der Waals surface area (Å²) >= 11 is 11.7. The van der Waals surface area contributed by atoms with Gasteiger partial charge in [0.25, 0.3) is 0 Å². The van der Waals surface area contributed by atoms with E-state index in [4.69, 9.17) is 27.9 Å². The van der Waals surface area contributed by atoms with Gasteiger partial charge >= 0.3 is 6.18 Å². The van der Waals surface area contributed by atoms with E-state index in [0.717, 1.165) is 0 Å². The lowest BCUT2D eigenvalue weighted by Crippen LogP contribution is -2.27. The second kappa shape index (κ2) is 9.85. The van der Waals surface area contributed by atoms with Gasteiger partial charge in [0, 0.05) is 18.0 Å². The molecule has 0 aliphatic heterocycles. The topological polar surface area (TPSA) is 47.6 Å². The van der Waals surface area contributed by atoms with Gasteiger partial charge in [-0.2, -0.15) is 13.2 Å². The van der Waals surface area contributed by atoms with E-state index in [1.54, 1.807) is 18.2 Å². The van der Waals surface area contributed by atoms with Gasteiger partial charge in [0.05, 0.1) is 18.2 Å². The van der Waals surface area contributed by atoms with Gasteiger partial charge in [0.15, 0.2) is 0 Å². The fourth-order valence-electron chi connectivity index (χ4n) is 1.52. The van der Waals surface area contributed by atoms with E-state index >= 15 is 0 Å². The number of rotatable bonds is 9. The molecule has 0 bridgehead atoms. The summed E-state index contributed by atoms with van der Waals surface area (Å²) < 4.78 is 45.2. The van der Waals surface area contributed by atoms with Gasteiger partial charge in [-0.15, -0.1) is 0 Å². The molecule has 0 aliphatic rings. The molecule has 0 aromatic heterocycles. The lowest BCUT2D eigenvalue weighted by atomic mass is 10.3. The Morgan fingerprint density at radius 1 is 1.22 bits per heavy atom. The average Bonchev–Trinajstić information content (AvgIpc) is 2.44. The molecular weight excluding hydrogens is 358 g/mol. The normalized spacial score (nSPS) is 11.3. The molecule has 130 valence electrons. The molecule has 1 aromatic rings. The zero-order chi connectivity index (χ0) is 17.3. The maximum absolute atomic E-state index is 11.8. The molecule has 0 saturated heterocycles. The molecule has 0 saturated carbocycles. The van der Waals surface area contributed by atoms with E-state index in [-0.39, 0.29) is 18.9 Å². The van der Waals surface area contributed by atoms with E-state index in [2.05, 4.69) is 10.1 Å². The van der Waals surface area contributed by atoms with Crippen molar-refractivity contribution >= 4 is 29.1 Å². The van der Waals surface area contributed by atoms with Crippen molar-refractivity contribution in [2.45, 2.75) is 19.0 Å². The number of hydrogen-bond acceptors (Lipinski definition) is 3. The van der Waals surface area contributed by atoms with Crippen LogP contribution in [0.3, 0.4) is 0 Å². The third kappa shape index (κ3) is 9.53. The first-order chi connectivity index (χ1) is 10.8. The standard InChI is InChI=1S/C14H16Cl2F3NO3/c15-10-2-3-12(11(16)8-10)23-6-1-5-20-13(21)4-7-22-9-14(17,18)19/h2-3,8H,1,4-7,9H2,(H,20,21). The molecule has 1 aromatic carbocycles. The van der Waals surface area contributed by atoms with E-state index in [9.17, 15) is 18.0 Å². The molecule has 23 heavy (non-hydrogen) atoms. The minimum Gasteiger partial charge on any atom is -0.492 e. The molecule has 0 unspecified atom stereocenters. The first kappa shape index (κ1) is 19.9. The summed E-state index contributed by atoms with van der Waals surface area (Å²) in [5.41, 5.74) is 0. The number of benzene rings is 1. The molecule has 0 spiro atoms. The minimum atomic E-state index is -4.38. The van der Waals surface area contributed by atoms with Gasteiger partial charge in [0.2, 0.25) is 5.91 Å². The number of ether oxygens (including phenoxy) is 2. The highest BCUT2D eigenvalue weighted by molar-refractivity contribution is 6.35. The zero-order valence-corrected chi connectivity index (χ0v) is 13.6. The SMILES string of the molecule is O=C(CCOCC(F)(F)F)NCCCOc1ccc(Cl)cc1Cl. The fraction of sp³-hybridized carbons (Fsp3) is 0.500. The lowest BCUT2D eigenvalue weighted by molar-refractivity contribution is -0.174. The maximum atomic E-state index is 11.8. The number of halogens is 5. The van der Waals surface area contributed by atoms with Crippen molar-refractivity contribution < 1.29 is 27.4 Å². The summed E-state index contributed by atoms with van der Waals surface area (Å²) in [4.78, 5) is 11.3. The Morgan fingerprint density at radius 2 is 1.96 bits per heavy atom. The molecule has 1 amide bonds. The van der Waals surface area contributed by atoms with Crippen molar-refractivity contribution in [2.24, 2.45) is 0 Å². The van der Waals surface area contributed by atoms with Crippen molar-refractivity contribution in [1.82, 2.24) is 5.32 Å². The van der Waals surface area contributed by atoms with E-state index in [1.165, 1.54) is 0 Å². The van der Waals surface area contributed by atoms with Gasteiger partial charge in [0.1, 0.15) is 12.4 Å². The number of amides is 1. The van der Waals surface area contributed by atoms with Crippen LogP contribution in [0.1, 0.15) is 12.8 Å². The summed E-state index contributed by atoms with van der Waals surface area (Å²) in [6.45, 7) is -0.965. The number of nitrogens with one attached hydrogen (secondary N) is 1. The molecule has 1 rings (SSSR count). The second-order valence-electron chi connectivity index (χ2n) is 4.54. The van der Waals surface area contributed by atoms with Crippen LogP contribution in [-0.4, -0.2) is 38.4 Å². The highest BCUT2D eigenvalue weighted by Gasteiger charge is 2.27. The predicted octanol–water partition coefficient (Wildman–Crippen LogP) is 3.85. The molecule has 9 heteroatoms. The number of hydrogen-bond donors (Lipinski definition) is 1. The van der Waals surface area contributed by atoms with Crippen molar-refractivity contribution in [2.75, 3.05) is 26.4 Å². The van der Waals surface area contributed by atoms with Gasteiger partial charge in [-0.25, -0.2) is 0 Å². The molecule has 0 aliphatic carbocycles. The van der Waals surface area contributed by atoms with E-state index in [1.807, 2.05) is 0 Å². The Hall–Kier alpha value is -1.18. The number of alkyl halides is 3. The summed E-state index contributed by atoms with van der Waals surface area (Å²) in [6, 6.07) is 4.84. The second-order valence-corrected chi connectivity index (χ2v) is 5.39. The van der Waals surface area contributed by atoms with E-state index < -0.39 is 12.8 Å². The summed E-state index contributed by atoms with van der Waals surface area (Å²) in [6.07, 6.45) is -3.98. The summed E-state index contributed by atoms with van der Waals surface area (Å²) in [7, 11) is 0. The Morgan fingerprint density at radius 3 is 2.61 bits per heavy atom. The van der Waals surface area contributed by atoms with Crippen LogP contribution in [0, 0.1) is 0 Å². The Balaban J connectivity index is 2.07. The lowest BCUT2D eigenvalue weighted by Gasteiger charge is -2.09. The Kier molecular flexibility index (Phi) is 8.51. The van der Waals surface area contributed by atoms with Crippen LogP contribution in [0.2, 0.25) is 10.0 Å². The van der Waals surface area contributed by atoms with Crippen molar-refractivity contribution in [3.05, 3.63) is 28.2 Å². The van der Waals surface area contributed by atoms with E-state index in [0.29, 0.717) is 35.4 Å². The quantitative estimate of drug-likeness (QED) is 0.668. The zero-order valence-electron chi connectivity index (χ0n) is 12.1. The number of carbonyl (C=O) groups excluding carboxylic acids is 1.